The normalized spacial score (nSPS) is 39.1. The van der Waals surface area contributed by atoms with Gasteiger partial charge in [0.1, 0.15) is 0 Å². The van der Waals surface area contributed by atoms with Crippen molar-refractivity contribution >= 4 is 6.03 Å². The first-order valence-electron chi connectivity index (χ1n) is 8.83. The molecule has 0 bridgehead atoms. The smallest absolute Gasteiger partial charge is 0.315 e. The Hall–Kier alpha value is -0.810. The quantitative estimate of drug-likeness (QED) is 0.729. The molecule has 1 spiro atoms. The topological polar surface area (TPSA) is 70.6 Å². The summed E-state index contributed by atoms with van der Waals surface area (Å²) in [6.07, 6.45) is 7.85. The van der Waals surface area contributed by atoms with Gasteiger partial charge in [0.2, 0.25) is 0 Å². The third kappa shape index (κ3) is 2.52. The number of urea groups is 1. The van der Waals surface area contributed by atoms with Gasteiger partial charge in [-0.15, -0.1) is 0 Å². The number of carbonyl (C=O) groups is 1. The minimum absolute atomic E-state index is 0.0715. The molecule has 0 aliphatic heterocycles. The number of aliphatic hydroxyl groups is 1. The van der Waals surface area contributed by atoms with E-state index in [1.807, 2.05) is 6.92 Å². The monoisotopic (exact) mass is 310 g/mol. The van der Waals surface area contributed by atoms with Crippen LogP contribution < -0.4 is 10.6 Å². The summed E-state index contributed by atoms with van der Waals surface area (Å²) >= 11 is 0. The molecule has 3 saturated carbocycles. The lowest BCUT2D eigenvalue weighted by Crippen LogP contribution is -2.69. The summed E-state index contributed by atoms with van der Waals surface area (Å²) < 4.78 is 5.83. The second kappa shape index (κ2) is 6.00. The van der Waals surface area contributed by atoms with Crippen molar-refractivity contribution in [3.05, 3.63) is 0 Å². The van der Waals surface area contributed by atoms with Crippen molar-refractivity contribution in [2.24, 2.45) is 10.8 Å². The lowest BCUT2D eigenvalue weighted by molar-refractivity contribution is -0.169. The highest BCUT2D eigenvalue weighted by molar-refractivity contribution is 5.75. The van der Waals surface area contributed by atoms with Crippen molar-refractivity contribution in [3.63, 3.8) is 0 Å². The Bertz CT molecular complexity index is 424. The van der Waals surface area contributed by atoms with Crippen LogP contribution in [0, 0.1) is 10.8 Å². The maximum atomic E-state index is 12.4. The van der Waals surface area contributed by atoms with Crippen LogP contribution in [-0.4, -0.2) is 42.5 Å². The minimum Gasteiger partial charge on any atom is -0.396 e. The van der Waals surface area contributed by atoms with Crippen molar-refractivity contribution in [1.29, 1.82) is 0 Å². The zero-order valence-electron chi connectivity index (χ0n) is 13.9. The van der Waals surface area contributed by atoms with Gasteiger partial charge in [-0.1, -0.05) is 19.8 Å². The van der Waals surface area contributed by atoms with E-state index >= 15 is 0 Å². The zero-order valence-corrected chi connectivity index (χ0v) is 13.9. The molecule has 126 valence electrons. The van der Waals surface area contributed by atoms with E-state index in [4.69, 9.17) is 4.74 Å². The van der Waals surface area contributed by atoms with E-state index in [9.17, 15) is 9.90 Å². The first-order chi connectivity index (χ1) is 10.5. The van der Waals surface area contributed by atoms with Crippen molar-refractivity contribution < 1.29 is 14.6 Å². The van der Waals surface area contributed by atoms with E-state index in [2.05, 4.69) is 17.6 Å². The van der Waals surface area contributed by atoms with Gasteiger partial charge in [0.25, 0.3) is 0 Å². The molecule has 3 rings (SSSR count). The predicted octanol–water partition coefficient (Wildman–Crippen LogP) is 2.18. The number of hydrogen-bond acceptors (Lipinski definition) is 3. The molecule has 4 unspecified atom stereocenters. The summed E-state index contributed by atoms with van der Waals surface area (Å²) in [5.41, 5.74) is 0.0300. The lowest BCUT2D eigenvalue weighted by atomic mass is 9.51. The molecule has 5 nitrogen and oxygen atoms in total. The van der Waals surface area contributed by atoms with E-state index in [-0.39, 0.29) is 35.6 Å². The summed E-state index contributed by atoms with van der Waals surface area (Å²) in [5, 5.41) is 15.9. The summed E-state index contributed by atoms with van der Waals surface area (Å²) in [7, 11) is 0. The summed E-state index contributed by atoms with van der Waals surface area (Å²) in [4.78, 5) is 12.4. The van der Waals surface area contributed by atoms with Crippen LogP contribution in [0.1, 0.15) is 58.8 Å². The Morgan fingerprint density at radius 2 is 1.95 bits per heavy atom. The Balaban J connectivity index is 1.53. The van der Waals surface area contributed by atoms with Crippen molar-refractivity contribution in [2.75, 3.05) is 13.2 Å². The molecule has 2 amide bonds. The number of nitrogens with one attached hydrogen (secondary N) is 2. The highest BCUT2D eigenvalue weighted by atomic mass is 16.5. The third-order valence-corrected chi connectivity index (χ3v) is 6.49. The number of ether oxygens (including phenoxy) is 1. The molecule has 0 aromatic rings. The molecule has 0 aromatic carbocycles. The van der Waals surface area contributed by atoms with Gasteiger partial charge in [-0.2, -0.15) is 0 Å². The average Bonchev–Trinajstić information content (AvgIpc) is 2.77. The minimum atomic E-state index is -0.168. The Morgan fingerprint density at radius 1 is 1.23 bits per heavy atom. The van der Waals surface area contributed by atoms with Gasteiger partial charge in [-0.3, -0.25) is 0 Å². The first kappa shape index (κ1) is 16.1. The van der Waals surface area contributed by atoms with E-state index in [1.165, 1.54) is 19.3 Å². The van der Waals surface area contributed by atoms with Crippen molar-refractivity contribution in [3.8, 4) is 0 Å². The molecule has 0 aromatic heterocycles. The zero-order chi connectivity index (χ0) is 15.8. The molecule has 22 heavy (non-hydrogen) atoms. The predicted molar refractivity (Wildman–Crippen MR) is 84.6 cm³/mol. The number of amides is 2. The molecule has 3 aliphatic rings. The van der Waals surface area contributed by atoms with E-state index in [0.717, 1.165) is 32.3 Å². The van der Waals surface area contributed by atoms with Gasteiger partial charge in [0, 0.05) is 29.5 Å². The van der Waals surface area contributed by atoms with Gasteiger partial charge < -0.3 is 20.5 Å². The van der Waals surface area contributed by atoms with Crippen LogP contribution >= 0.6 is 0 Å². The second-order valence-corrected chi connectivity index (χ2v) is 7.69. The Labute approximate surface area is 133 Å². The van der Waals surface area contributed by atoms with Gasteiger partial charge in [-0.05, 0) is 39.0 Å². The molecule has 3 fully saturated rings. The lowest BCUT2D eigenvalue weighted by Gasteiger charge is -2.60. The molecule has 4 atom stereocenters. The number of carbonyl (C=O) groups excluding carboxylic acids is 1. The van der Waals surface area contributed by atoms with Gasteiger partial charge >= 0.3 is 6.03 Å². The average molecular weight is 310 g/mol. The molecule has 0 saturated heterocycles. The van der Waals surface area contributed by atoms with Crippen molar-refractivity contribution in [2.45, 2.75) is 77.0 Å². The van der Waals surface area contributed by atoms with Crippen LogP contribution in [0.2, 0.25) is 0 Å². The van der Waals surface area contributed by atoms with E-state index < -0.39 is 0 Å². The van der Waals surface area contributed by atoms with Crippen LogP contribution in [-0.2, 0) is 4.74 Å². The van der Waals surface area contributed by atoms with Gasteiger partial charge in [0.15, 0.2) is 0 Å². The maximum Gasteiger partial charge on any atom is 0.315 e. The Morgan fingerprint density at radius 3 is 2.55 bits per heavy atom. The SMILES string of the molecule is CCOC1CC(NC(=O)NC2CCCC2(C)CO)C12CCC2. The first-order valence-corrected chi connectivity index (χ1v) is 8.83. The molecule has 0 heterocycles. The number of rotatable bonds is 5. The van der Waals surface area contributed by atoms with Crippen LogP contribution in [0.15, 0.2) is 0 Å². The highest BCUT2D eigenvalue weighted by Crippen LogP contribution is 2.57. The molecule has 3 N–H and O–H groups in total. The fourth-order valence-electron chi connectivity index (χ4n) is 4.67. The molecular formula is C17H30N2O3. The van der Waals surface area contributed by atoms with E-state index in [1.54, 1.807) is 0 Å². The number of hydrogen-bond donors (Lipinski definition) is 3. The highest BCUT2D eigenvalue weighted by Gasteiger charge is 2.59. The van der Waals surface area contributed by atoms with Gasteiger partial charge in [0.05, 0.1) is 12.7 Å². The van der Waals surface area contributed by atoms with Gasteiger partial charge in [-0.25, -0.2) is 4.79 Å². The molecule has 0 radical (unpaired) electrons. The standard InChI is InChI=1S/C17H30N2O3/c1-3-22-14-10-13(17(14)8-5-9-17)19-15(21)18-12-6-4-7-16(12,2)11-20/h12-14,20H,3-11H2,1-2H3,(H2,18,19,21). The molecule has 3 aliphatic carbocycles. The largest absolute Gasteiger partial charge is 0.396 e. The summed E-state index contributed by atoms with van der Waals surface area (Å²) in [5.74, 6) is 0. The van der Waals surface area contributed by atoms with Crippen molar-refractivity contribution in [1.82, 2.24) is 10.6 Å². The van der Waals surface area contributed by atoms with Crippen LogP contribution in [0.25, 0.3) is 0 Å². The second-order valence-electron chi connectivity index (χ2n) is 7.69. The van der Waals surface area contributed by atoms with Crippen LogP contribution in [0.4, 0.5) is 4.79 Å². The maximum absolute atomic E-state index is 12.4. The third-order valence-electron chi connectivity index (χ3n) is 6.49. The summed E-state index contributed by atoms with van der Waals surface area (Å²) in [6.45, 7) is 4.99. The van der Waals surface area contributed by atoms with E-state index in [0.29, 0.717) is 6.10 Å². The van der Waals surface area contributed by atoms with Crippen LogP contribution in [0.5, 0.6) is 0 Å². The van der Waals surface area contributed by atoms with Crippen LogP contribution in [0.3, 0.4) is 0 Å². The Kier molecular flexibility index (Phi) is 4.38. The number of aliphatic hydroxyl groups excluding tert-OH is 1. The fourth-order valence-corrected chi connectivity index (χ4v) is 4.67. The molecular weight excluding hydrogens is 280 g/mol. The summed E-state index contributed by atoms with van der Waals surface area (Å²) in [6, 6.07) is 0.259. The fraction of sp³-hybridized carbons (Fsp3) is 0.941. The molecule has 5 heteroatoms.